The van der Waals surface area contributed by atoms with Gasteiger partial charge in [-0.3, -0.25) is 4.90 Å². The number of aliphatic hydroxyl groups excluding tert-OH is 1. The lowest BCUT2D eigenvalue weighted by Gasteiger charge is -2.39. The van der Waals surface area contributed by atoms with Crippen molar-refractivity contribution in [1.29, 1.82) is 0 Å². The molecule has 120 valence electrons. The van der Waals surface area contributed by atoms with E-state index in [0.717, 1.165) is 5.56 Å². The monoisotopic (exact) mass is 304 g/mol. The molecule has 1 rings (SSSR count). The zero-order valence-electron chi connectivity index (χ0n) is 12.6. The first kappa shape index (κ1) is 17.9. The summed E-state index contributed by atoms with van der Waals surface area (Å²) < 4.78 is 37.6. The van der Waals surface area contributed by atoms with Gasteiger partial charge in [-0.2, -0.15) is 13.2 Å². The maximum Gasteiger partial charge on any atom is 0.401 e. The summed E-state index contributed by atoms with van der Waals surface area (Å²) in [6.07, 6.45) is -4.26. The number of alkyl halides is 3. The lowest BCUT2D eigenvalue weighted by molar-refractivity contribution is -0.145. The number of halogens is 3. The molecule has 2 N–H and O–H groups in total. The van der Waals surface area contributed by atoms with Crippen LogP contribution < -0.4 is 5.32 Å². The molecule has 0 radical (unpaired) electrons. The number of hydrogen-bond acceptors (Lipinski definition) is 3. The maximum atomic E-state index is 12.5. The van der Waals surface area contributed by atoms with Gasteiger partial charge in [0.1, 0.15) is 0 Å². The molecule has 1 unspecified atom stereocenters. The van der Waals surface area contributed by atoms with Crippen LogP contribution in [0.4, 0.5) is 13.2 Å². The molecule has 21 heavy (non-hydrogen) atoms. The highest BCUT2D eigenvalue weighted by atomic mass is 19.4. The second kappa shape index (κ2) is 7.24. The van der Waals surface area contributed by atoms with Crippen molar-refractivity contribution in [3.63, 3.8) is 0 Å². The van der Waals surface area contributed by atoms with Crippen molar-refractivity contribution < 1.29 is 18.3 Å². The summed E-state index contributed by atoms with van der Waals surface area (Å²) in [5.41, 5.74) is -0.148. The van der Waals surface area contributed by atoms with Crippen LogP contribution >= 0.6 is 0 Å². The molecule has 0 heterocycles. The summed E-state index contributed by atoms with van der Waals surface area (Å²) in [5, 5.41) is 13.1. The van der Waals surface area contributed by atoms with Gasteiger partial charge in [0.15, 0.2) is 0 Å². The summed E-state index contributed by atoms with van der Waals surface area (Å²) in [7, 11) is 1.41. The van der Waals surface area contributed by atoms with E-state index in [2.05, 4.69) is 5.32 Å². The number of aliphatic hydroxyl groups is 1. The van der Waals surface area contributed by atoms with Crippen LogP contribution in [0.2, 0.25) is 0 Å². The molecule has 1 atom stereocenters. The van der Waals surface area contributed by atoms with Crippen LogP contribution in [0.1, 0.15) is 19.4 Å². The average Bonchev–Trinajstić information content (AvgIpc) is 2.36. The van der Waals surface area contributed by atoms with Crippen LogP contribution in [0.5, 0.6) is 0 Å². The maximum absolute atomic E-state index is 12.5. The molecular weight excluding hydrogens is 281 g/mol. The lowest BCUT2D eigenvalue weighted by Crippen LogP contribution is -2.56. The van der Waals surface area contributed by atoms with E-state index in [4.69, 9.17) is 0 Å². The largest absolute Gasteiger partial charge is 0.401 e. The lowest BCUT2D eigenvalue weighted by atomic mass is 9.89. The van der Waals surface area contributed by atoms with E-state index in [1.54, 1.807) is 0 Å². The summed E-state index contributed by atoms with van der Waals surface area (Å²) in [4.78, 5) is 1.18. The van der Waals surface area contributed by atoms with E-state index in [1.165, 1.54) is 11.9 Å². The third-order valence-electron chi connectivity index (χ3n) is 3.15. The molecule has 1 aromatic carbocycles. The molecule has 0 amide bonds. The molecule has 0 fully saturated rings. The zero-order chi connectivity index (χ0) is 16.1. The Balaban J connectivity index is 3.02. The van der Waals surface area contributed by atoms with Crippen LogP contribution in [0.3, 0.4) is 0 Å². The van der Waals surface area contributed by atoms with Crippen LogP contribution in [0.15, 0.2) is 30.3 Å². The fraction of sp³-hybridized carbons (Fsp3) is 0.600. The molecule has 0 spiro atoms. The first-order valence-corrected chi connectivity index (χ1v) is 6.88. The normalized spacial score (nSPS) is 15.5. The van der Waals surface area contributed by atoms with Crippen LogP contribution in [-0.2, 0) is 5.54 Å². The van der Waals surface area contributed by atoms with Gasteiger partial charge in [0.05, 0.1) is 18.7 Å². The minimum absolute atomic E-state index is 0.0247. The van der Waals surface area contributed by atoms with Crippen molar-refractivity contribution in [2.24, 2.45) is 0 Å². The Morgan fingerprint density at radius 3 is 2.14 bits per heavy atom. The standard InChI is InChI=1S/C15H23F3N2O/c1-12(2)19-14(11-21,13-7-5-4-6-8-13)9-20(3)10-15(16,17)18/h4-8,12,19,21H,9-11H2,1-3H3. The topological polar surface area (TPSA) is 35.5 Å². The summed E-state index contributed by atoms with van der Waals surface area (Å²) in [6.45, 7) is 2.57. The van der Waals surface area contributed by atoms with E-state index >= 15 is 0 Å². The Morgan fingerprint density at radius 2 is 1.71 bits per heavy atom. The Labute approximate surface area is 123 Å². The highest BCUT2D eigenvalue weighted by Gasteiger charge is 2.37. The number of rotatable bonds is 7. The minimum atomic E-state index is -4.26. The second-order valence-corrected chi connectivity index (χ2v) is 5.69. The molecule has 0 saturated carbocycles. The molecule has 0 aliphatic heterocycles. The molecule has 0 saturated heterocycles. The van der Waals surface area contributed by atoms with Crippen LogP contribution in [-0.4, -0.2) is 49.0 Å². The van der Waals surface area contributed by atoms with E-state index < -0.39 is 18.3 Å². The van der Waals surface area contributed by atoms with Crippen molar-refractivity contribution in [3.8, 4) is 0 Å². The molecule has 6 heteroatoms. The second-order valence-electron chi connectivity index (χ2n) is 5.69. The zero-order valence-corrected chi connectivity index (χ0v) is 12.6. The van der Waals surface area contributed by atoms with Gasteiger partial charge >= 0.3 is 6.18 Å². The van der Waals surface area contributed by atoms with Crippen LogP contribution in [0, 0.1) is 0 Å². The highest BCUT2D eigenvalue weighted by Crippen LogP contribution is 2.24. The quantitative estimate of drug-likeness (QED) is 0.812. The number of hydrogen-bond donors (Lipinski definition) is 2. The molecule has 0 aliphatic rings. The van der Waals surface area contributed by atoms with Gasteiger partial charge in [-0.05, 0) is 26.5 Å². The van der Waals surface area contributed by atoms with Crippen molar-refractivity contribution in [3.05, 3.63) is 35.9 Å². The van der Waals surface area contributed by atoms with Gasteiger partial charge in [-0.1, -0.05) is 30.3 Å². The SMILES string of the molecule is CC(C)NC(CO)(CN(C)CC(F)(F)F)c1ccccc1. The Morgan fingerprint density at radius 1 is 1.14 bits per heavy atom. The number of benzene rings is 1. The van der Waals surface area contributed by atoms with E-state index in [0.29, 0.717) is 0 Å². The number of nitrogens with zero attached hydrogens (tertiary/aromatic N) is 1. The first-order chi connectivity index (χ1) is 9.68. The predicted octanol–water partition coefficient (Wildman–Crippen LogP) is 2.37. The van der Waals surface area contributed by atoms with E-state index in [-0.39, 0.29) is 19.2 Å². The highest BCUT2D eigenvalue weighted by molar-refractivity contribution is 5.25. The van der Waals surface area contributed by atoms with E-state index in [9.17, 15) is 18.3 Å². The van der Waals surface area contributed by atoms with Crippen molar-refractivity contribution >= 4 is 0 Å². The number of likely N-dealkylation sites (N-methyl/N-ethyl adjacent to an activating group) is 1. The van der Waals surface area contributed by atoms with Crippen LogP contribution in [0.25, 0.3) is 0 Å². The molecule has 0 bridgehead atoms. The van der Waals surface area contributed by atoms with Gasteiger partial charge in [0, 0.05) is 12.6 Å². The predicted molar refractivity (Wildman–Crippen MR) is 77.0 cm³/mol. The smallest absolute Gasteiger partial charge is 0.394 e. The summed E-state index contributed by atoms with van der Waals surface area (Å²) in [6, 6.07) is 9.11. The molecule has 3 nitrogen and oxygen atoms in total. The molecule has 1 aromatic rings. The average molecular weight is 304 g/mol. The first-order valence-electron chi connectivity index (χ1n) is 6.88. The van der Waals surface area contributed by atoms with E-state index in [1.807, 2.05) is 44.2 Å². The third-order valence-corrected chi connectivity index (χ3v) is 3.15. The molecule has 0 aliphatic carbocycles. The van der Waals surface area contributed by atoms with Crippen molar-refractivity contribution in [2.45, 2.75) is 31.6 Å². The Kier molecular flexibility index (Phi) is 6.19. The van der Waals surface area contributed by atoms with Gasteiger partial charge in [0.25, 0.3) is 0 Å². The third kappa shape index (κ3) is 5.65. The van der Waals surface area contributed by atoms with Crippen molar-refractivity contribution in [2.75, 3.05) is 26.7 Å². The van der Waals surface area contributed by atoms with Gasteiger partial charge in [0.2, 0.25) is 0 Å². The molecule has 0 aromatic heterocycles. The van der Waals surface area contributed by atoms with Gasteiger partial charge < -0.3 is 10.4 Å². The summed E-state index contributed by atoms with van der Waals surface area (Å²) in [5.74, 6) is 0. The van der Waals surface area contributed by atoms with Gasteiger partial charge in [-0.25, -0.2) is 0 Å². The van der Waals surface area contributed by atoms with Crippen molar-refractivity contribution in [1.82, 2.24) is 10.2 Å². The fourth-order valence-corrected chi connectivity index (χ4v) is 2.54. The fourth-order valence-electron chi connectivity index (χ4n) is 2.54. The summed E-state index contributed by atoms with van der Waals surface area (Å²) >= 11 is 0. The Bertz CT molecular complexity index is 423. The number of nitrogens with one attached hydrogen (secondary N) is 1. The minimum Gasteiger partial charge on any atom is -0.394 e. The molecular formula is C15H23F3N2O. The Hall–Kier alpha value is -1.11. The van der Waals surface area contributed by atoms with Gasteiger partial charge in [-0.15, -0.1) is 0 Å².